The molecule has 0 bridgehead atoms. The molecule has 1 unspecified atom stereocenters. The van der Waals surface area contributed by atoms with Crippen molar-refractivity contribution < 1.29 is 4.79 Å². The van der Waals surface area contributed by atoms with Gasteiger partial charge < -0.3 is 10.6 Å². The molecule has 0 saturated heterocycles. The van der Waals surface area contributed by atoms with Crippen molar-refractivity contribution in [2.75, 3.05) is 13.6 Å². The predicted molar refractivity (Wildman–Crippen MR) is 92.0 cm³/mol. The third kappa shape index (κ3) is 7.16. The highest BCUT2D eigenvalue weighted by Crippen LogP contribution is 2.21. The molecule has 1 amide bonds. The summed E-state index contributed by atoms with van der Waals surface area (Å²) in [5.74, 6) is 0.195. The van der Waals surface area contributed by atoms with Crippen LogP contribution in [-0.2, 0) is 4.79 Å². The number of halogens is 2. The van der Waals surface area contributed by atoms with E-state index in [2.05, 4.69) is 0 Å². The predicted octanol–water partition coefficient (Wildman–Crippen LogP) is 4.19. The number of rotatable bonds is 8. The Balaban J connectivity index is 0.00000400. The fourth-order valence-corrected chi connectivity index (χ4v) is 2.26. The SMILES string of the molecule is CC(c1ccc(Cl)cc1)N(C)C(=O)CCCCCCN.Cl. The molecule has 0 heterocycles. The average molecular weight is 333 g/mol. The van der Waals surface area contributed by atoms with Crippen LogP contribution in [-0.4, -0.2) is 24.4 Å². The fourth-order valence-electron chi connectivity index (χ4n) is 2.13. The van der Waals surface area contributed by atoms with E-state index in [-0.39, 0.29) is 24.4 Å². The smallest absolute Gasteiger partial charge is 0.222 e. The Bertz CT molecular complexity index is 409. The van der Waals surface area contributed by atoms with E-state index in [9.17, 15) is 4.79 Å². The van der Waals surface area contributed by atoms with Gasteiger partial charge in [0.25, 0.3) is 0 Å². The zero-order chi connectivity index (χ0) is 15.0. The Kier molecular flexibility index (Phi) is 10.5. The third-order valence-electron chi connectivity index (χ3n) is 3.67. The first kappa shape index (κ1) is 20.2. The lowest BCUT2D eigenvalue weighted by Gasteiger charge is -2.25. The van der Waals surface area contributed by atoms with Crippen molar-refractivity contribution in [1.29, 1.82) is 0 Å². The minimum atomic E-state index is 0. The van der Waals surface area contributed by atoms with Crippen molar-refractivity contribution in [2.45, 2.75) is 45.1 Å². The van der Waals surface area contributed by atoms with Crippen molar-refractivity contribution in [3.05, 3.63) is 34.9 Å². The molecule has 2 N–H and O–H groups in total. The normalized spacial score (nSPS) is 11.6. The van der Waals surface area contributed by atoms with Gasteiger partial charge in [0.1, 0.15) is 0 Å². The van der Waals surface area contributed by atoms with Crippen molar-refractivity contribution in [3.63, 3.8) is 0 Å². The van der Waals surface area contributed by atoms with E-state index in [1.165, 1.54) is 0 Å². The Labute approximate surface area is 139 Å². The van der Waals surface area contributed by atoms with Crippen LogP contribution >= 0.6 is 24.0 Å². The monoisotopic (exact) mass is 332 g/mol. The molecule has 1 aromatic rings. The van der Waals surface area contributed by atoms with E-state index in [4.69, 9.17) is 17.3 Å². The van der Waals surface area contributed by atoms with E-state index >= 15 is 0 Å². The quantitative estimate of drug-likeness (QED) is 0.725. The van der Waals surface area contributed by atoms with Crippen LogP contribution in [0.15, 0.2) is 24.3 Å². The molecular formula is C16H26Cl2N2O. The second-order valence-electron chi connectivity index (χ2n) is 5.19. The highest BCUT2D eigenvalue weighted by Gasteiger charge is 2.16. The van der Waals surface area contributed by atoms with Crippen molar-refractivity contribution in [2.24, 2.45) is 5.73 Å². The van der Waals surface area contributed by atoms with E-state index in [0.29, 0.717) is 6.42 Å². The van der Waals surface area contributed by atoms with Crippen LogP contribution in [0.5, 0.6) is 0 Å². The topological polar surface area (TPSA) is 46.3 Å². The summed E-state index contributed by atoms with van der Waals surface area (Å²) in [6.45, 7) is 2.77. The zero-order valence-electron chi connectivity index (χ0n) is 12.8. The maximum atomic E-state index is 12.1. The molecule has 1 aromatic carbocycles. The van der Waals surface area contributed by atoms with E-state index < -0.39 is 0 Å². The van der Waals surface area contributed by atoms with Gasteiger partial charge in [-0.15, -0.1) is 12.4 Å². The number of amides is 1. The number of nitrogens with zero attached hydrogens (tertiary/aromatic N) is 1. The summed E-state index contributed by atoms with van der Waals surface area (Å²) in [6.07, 6.45) is 4.78. The van der Waals surface area contributed by atoms with Gasteiger partial charge >= 0.3 is 0 Å². The number of hydrogen-bond acceptors (Lipinski definition) is 2. The first-order valence-electron chi connectivity index (χ1n) is 7.27. The molecule has 0 fully saturated rings. The summed E-state index contributed by atoms with van der Waals surface area (Å²) in [7, 11) is 1.86. The summed E-state index contributed by atoms with van der Waals surface area (Å²) < 4.78 is 0. The maximum Gasteiger partial charge on any atom is 0.222 e. The van der Waals surface area contributed by atoms with E-state index in [1.807, 2.05) is 43.1 Å². The Morgan fingerprint density at radius 1 is 1.19 bits per heavy atom. The molecule has 0 spiro atoms. The Morgan fingerprint density at radius 3 is 2.33 bits per heavy atom. The van der Waals surface area contributed by atoms with Crippen molar-refractivity contribution in [3.8, 4) is 0 Å². The number of hydrogen-bond donors (Lipinski definition) is 1. The number of benzene rings is 1. The second kappa shape index (κ2) is 10.9. The summed E-state index contributed by atoms with van der Waals surface area (Å²) in [5, 5.41) is 0.717. The second-order valence-corrected chi connectivity index (χ2v) is 5.62. The molecule has 1 atom stereocenters. The van der Waals surface area contributed by atoms with Crippen LogP contribution in [0.3, 0.4) is 0 Å². The van der Waals surface area contributed by atoms with Gasteiger partial charge in [0.2, 0.25) is 5.91 Å². The van der Waals surface area contributed by atoms with Crippen LogP contribution in [0, 0.1) is 0 Å². The van der Waals surface area contributed by atoms with Crippen LogP contribution in [0.4, 0.5) is 0 Å². The molecule has 1 rings (SSSR count). The maximum absolute atomic E-state index is 12.1. The van der Waals surface area contributed by atoms with Gasteiger partial charge in [-0.1, -0.05) is 36.6 Å². The van der Waals surface area contributed by atoms with Gasteiger partial charge in [0.05, 0.1) is 6.04 Å². The molecular weight excluding hydrogens is 307 g/mol. The zero-order valence-corrected chi connectivity index (χ0v) is 14.4. The molecule has 21 heavy (non-hydrogen) atoms. The van der Waals surface area contributed by atoms with Gasteiger partial charge in [-0.2, -0.15) is 0 Å². The lowest BCUT2D eigenvalue weighted by molar-refractivity contribution is -0.131. The molecule has 0 saturated carbocycles. The van der Waals surface area contributed by atoms with Gasteiger partial charge in [-0.25, -0.2) is 0 Å². The number of carbonyl (C=O) groups excluding carboxylic acids is 1. The van der Waals surface area contributed by atoms with Gasteiger partial charge in [-0.3, -0.25) is 4.79 Å². The van der Waals surface area contributed by atoms with Gasteiger partial charge in [0.15, 0.2) is 0 Å². The highest BCUT2D eigenvalue weighted by atomic mass is 35.5. The summed E-state index contributed by atoms with van der Waals surface area (Å²) in [5.41, 5.74) is 6.55. The van der Waals surface area contributed by atoms with E-state index in [1.54, 1.807) is 0 Å². The number of nitrogens with two attached hydrogens (primary N) is 1. The largest absolute Gasteiger partial charge is 0.339 e. The van der Waals surface area contributed by atoms with Crippen LogP contribution < -0.4 is 5.73 Å². The standard InChI is InChI=1S/C16H25ClN2O.ClH/c1-13(14-8-10-15(17)11-9-14)19(2)16(20)7-5-3-4-6-12-18;/h8-11,13H,3-7,12,18H2,1-2H3;1H. The molecule has 0 aliphatic heterocycles. The highest BCUT2D eigenvalue weighted by molar-refractivity contribution is 6.30. The van der Waals surface area contributed by atoms with Crippen LogP contribution in [0.1, 0.15) is 50.6 Å². The molecule has 3 nitrogen and oxygen atoms in total. The molecule has 5 heteroatoms. The molecule has 0 aromatic heterocycles. The summed E-state index contributed by atoms with van der Waals surface area (Å²) in [4.78, 5) is 13.9. The fraction of sp³-hybridized carbons (Fsp3) is 0.562. The van der Waals surface area contributed by atoms with Crippen molar-refractivity contribution >= 4 is 29.9 Å². The number of unbranched alkanes of at least 4 members (excludes halogenated alkanes) is 3. The third-order valence-corrected chi connectivity index (χ3v) is 3.92. The minimum absolute atomic E-state index is 0. The van der Waals surface area contributed by atoms with E-state index in [0.717, 1.165) is 42.8 Å². The summed E-state index contributed by atoms with van der Waals surface area (Å²) >= 11 is 5.88. The van der Waals surface area contributed by atoms with Crippen LogP contribution in [0.2, 0.25) is 5.02 Å². The molecule has 120 valence electrons. The van der Waals surface area contributed by atoms with Crippen molar-refractivity contribution in [1.82, 2.24) is 4.90 Å². The Morgan fingerprint density at radius 2 is 1.76 bits per heavy atom. The molecule has 0 aliphatic rings. The average Bonchev–Trinajstić information content (AvgIpc) is 2.46. The lowest BCUT2D eigenvalue weighted by Crippen LogP contribution is -2.29. The van der Waals surface area contributed by atoms with Gasteiger partial charge in [-0.05, 0) is 44.0 Å². The first-order valence-corrected chi connectivity index (χ1v) is 7.65. The lowest BCUT2D eigenvalue weighted by atomic mass is 10.1. The first-order chi connectivity index (χ1) is 9.56. The Hall–Kier alpha value is -0.770. The minimum Gasteiger partial charge on any atom is -0.339 e. The molecule has 0 aliphatic carbocycles. The molecule has 0 radical (unpaired) electrons. The van der Waals surface area contributed by atoms with Crippen LogP contribution in [0.25, 0.3) is 0 Å². The van der Waals surface area contributed by atoms with Gasteiger partial charge in [0, 0.05) is 18.5 Å². The summed E-state index contributed by atoms with van der Waals surface area (Å²) in [6, 6.07) is 7.73. The number of carbonyl (C=O) groups is 1.